The van der Waals surface area contributed by atoms with Gasteiger partial charge in [-0.05, 0) is 12.8 Å². The number of carboxylic acid groups (broad SMARTS) is 1. The van der Waals surface area contributed by atoms with Crippen LogP contribution < -0.4 is 4.74 Å². The van der Waals surface area contributed by atoms with Crippen molar-refractivity contribution < 1.29 is 14.6 Å². The minimum absolute atomic E-state index is 0.0625. The van der Waals surface area contributed by atoms with Crippen molar-refractivity contribution in [2.24, 2.45) is 0 Å². The predicted molar refractivity (Wildman–Crippen MR) is 55.3 cm³/mol. The molecule has 1 amide bonds. The Morgan fingerprint density at radius 3 is 3.25 bits per heavy atom. The predicted octanol–water partition coefficient (Wildman–Crippen LogP) is 0.998. The molecule has 1 saturated heterocycles. The molecule has 1 N–H and O–H groups in total. The lowest BCUT2D eigenvalue weighted by Crippen LogP contribution is -2.38. The first-order chi connectivity index (χ1) is 7.77. The van der Waals surface area contributed by atoms with E-state index < -0.39 is 6.09 Å². The number of ether oxygens (including phenoxy) is 1. The first-order valence-electron chi connectivity index (χ1n) is 5.16. The molecule has 0 spiro atoms. The Hall–Kier alpha value is -1.85. The maximum atomic E-state index is 10.9. The van der Waals surface area contributed by atoms with Gasteiger partial charge in [0, 0.05) is 18.8 Å². The monoisotopic (exact) mass is 223 g/mol. The average Bonchev–Trinajstić information content (AvgIpc) is 2.76. The smallest absolute Gasteiger partial charge is 0.407 e. The standard InChI is InChI=1S/C10H13N3O3/c14-10(15)13-5-1-2-8(13)6-16-9-3-4-11-7-12-9/h3-4,7-8H,1-2,5-6H2,(H,14,15). The third-order valence-corrected chi connectivity index (χ3v) is 2.60. The van der Waals surface area contributed by atoms with E-state index in [2.05, 4.69) is 9.97 Å². The number of carbonyl (C=O) groups is 1. The lowest BCUT2D eigenvalue weighted by atomic mass is 10.2. The molecule has 0 aliphatic carbocycles. The summed E-state index contributed by atoms with van der Waals surface area (Å²) in [5.41, 5.74) is 0. The second-order valence-electron chi connectivity index (χ2n) is 3.63. The van der Waals surface area contributed by atoms with E-state index in [1.54, 1.807) is 12.3 Å². The van der Waals surface area contributed by atoms with Crippen LogP contribution in [0.15, 0.2) is 18.6 Å². The van der Waals surface area contributed by atoms with Crippen LogP contribution in [-0.2, 0) is 0 Å². The van der Waals surface area contributed by atoms with Crippen molar-refractivity contribution in [1.29, 1.82) is 0 Å². The van der Waals surface area contributed by atoms with Crippen molar-refractivity contribution in [3.8, 4) is 5.88 Å². The molecule has 1 aliphatic rings. The summed E-state index contributed by atoms with van der Waals surface area (Å²) in [7, 11) is 0. The summed E-state index contributed by atoms with van der Waals surface area (Å²) in [5, 5.41) is 8.93. The molecule has 1 aliphatic heterocycles. The molecule has 1 atom stereocenters. The van der Waals surface area contributed by atoms with Gasteiger partial charge in [-0.1, -0.05) is 0 Å². The molecule has 0 aromatic carbocycles. The van der Waals surface area contributed by atoms with Gasteiger partial charge in [-0.25, -0.2) is 14.8 Å². The molecular weight excluding hydrogens is 210 g/mol. The second kappa shape index (κ2) is 4.78. The van der Waals surface area contributed by atoms with Crippen molar-refractivity contribution in [3.05, 3.63) is 18.6 Å². The Labute approximate surface area is 92.9 Å². The molecule has 86 valence electrons. The van der Waals surface area contributed by atoms with E-state index in [4.69, 9.17) is 9.84 Å². The number of hydrogen-bond acceptors (Lipinski definition) is 4. The zero-order valence-corrected chi connectivity index (χ0v) is 8.74. The first-order valence-corrected chi connectivity index (χ1v) is 5.16. The summed E-state index contributed by atoms with van der Waals surface area (Å²) in [5.74, 6) is 0.479. The fraction of sp³-hybridized carbons (Fsp3) is 0.500. The van der Waals surface area contributed by atoms with E-state index in [0.717, 1.165) is 12.8 Å². The number of aromatic nitrogens is 2. The van der Waals surface area contributed by atoms with Gasteiger partial charge in [0.05, 0.1) is 6.04 Å². The van der Waals surface area contributed by atoms with E-state index in [0.29, 0.717) is 19.0 Å². The minimum Gasteiger partial charge on any atom is -0.475 e. The van der Waals surface area contributed by atoms with Gasteiger partial charge < -0.3 is 14.7 Å². The number of rotatable bonds is 3. The average molecular weight is 223 g/mol. The van der Waals surface area contributed by atoms with Crippen LogP contribution in [0.2, 0.25) is 0 Å². The summed E-state index contributed by atoms with van der Waals surface area (Å²) >= 11 is 0. The zero-order valence-electron chi connectivity index (χ0n) is 8.74. The molecule has 0 bridgehead atoms. The highest BCUT2D eigenvalue weighted by Crippen LogP contribution is 2.18. The van der Waals surface area contributed by atoms with Crippen LogP contribution in [-0.4, -0.2) is 45.3 Å². The molecule has 1 unspecified atom stereocenters. The third kappa shape index (κ3) is 2.39. The van der Waals surface area contributed by atoms with Crippen LogP contribution in [0.5, 0.6) is 5.88 Å². The Morgan fingerprint density at radius 2 is 2.56 bits per heavy atom. The highest BCUT2D eigenvalue weighted by Gasteiger charge is 2.28. The Bertz CT molecular complexity index is 358. The molecule has 0 saturated carbocycles. The summed E-state index contributed by atoms with van der Waals surface area (Å²) in [4.78, 5) is 20.0. The highest BCUT2D eigenvalue weighted by atomic mass is 16.5. The lowest BCUT2D eigenvalue weighted by molar-refractivity contribution is 0.122. The third-order valence-electron chi connectivity index (χ3n) is 2.60. The van der Waals surface area contributed by atoms with E-state index in [9.17, 15) is 4.79 Å². The maximum absolute atomic E-state index is 10.9. The van der Waals surface area contributed by atoms with Crippen LogP contribution >= 0.6 is 0 Å². The molecule has 2 heterocycles. The van der Waals surface area contributed by atoms with Gasteiger partial charge in [-0.3, -0.25) is 0 Å². The molecule has 1 aromatic heterocycles. The second-order valence-corrected chi connectivity index (χ2v) is 3.63. The molecular formula is C10H13N3O3. The molecule has 6 heteroatoms. The largest absolute Gasteiger partial charge is 0.475 e. The van der Waals surface area contributed by atoms with Crippen LogP contribution in [0.25, 0.3) is 0 Å². The van der Waals surface area contributed by atoms with Gasteiger partial charge in [0.1, 0.15) is 12.9 Å². The summed E-state index contributed by atoms with van der Waals surface area (Å²) in [6.07, 6.45) is 3.85. The van der Waals surface area contributed by atoms with Gasteiger partial charge in [-0.2, -0.15) is 0 Å². The highest BCUT2D eigenvalue weighted by molar-refractivity contribution is 5.65. The van der Waals surface area contributed by atoms with Gasteiger partial charge in [0.2, 0.25) is 5.88 Å². The number of likely N-dealkylation sites (tertiary alicyclic amines) is 1. The van der Waals surface area contributed by atoms with Crippen molar-refractivity contribution in [2.75, 3.05) is 13.2 Å². The minimum atomic E-state index is -0.881. The fourth-order valence-electron chi connectivity index (χ4n) is 1.81. The van der Waals surface area contributed by atoms with Crippen LogP contribution in [0.3, 0.4) is 0 Å². The Kier molecular flexibility index (Phi) is 3.19. The summed E-state index contributed by atoms with van der Waals surface area (Å²) < 4.78 is 5.41. The quantitative estimate of drug-likeness (QED) is 0.827. The van der Waals surface area contributed by atoms with E-state index in [-0.39, 0.29) is 6.04 Å². The van der Waals surface area contributed by atoms with Gasteiger partial charge in [0.25, 0.3) is 0 Å². The molecule has 2 rings (SSSR count). The van der Waals surface area contributed by atoms with Crippen LogP contribution in [0, 0.1) is 0 Å². The van der Waals surface area contributed by atoms with Crippen molar-refractivity contribution in [2.45, 2.75) is 18.9 Å². The number of nitrogens with zero attached hydrogens (tertiary/aromatic N) is 3. The topological polar surface area (TPSA) is 75.5 Å². The maximum Gasteiger partial charge on any atom is 0.407 e. The SMILES string of the molecule is O=C(O)N1CCCC1COc1ccncn1. The zero-order chi connectivity index (χ0) is 11.4. The fourth-order valence-corrected chi connectivity index (χ4v) is 1.81. The Morgan fingerprint density at radius 1 is 1.69 bits per heavy atom. The summed E-state index contributed by atoms with van der Waals surface area (Å²) in [6.45, 7) is 0.941. The normalized spacial score (nSPS) is 19.8. The van der Waals surface area contributed by atoms with Crippen LogP contribution in [0.4, 0.5) is 4.79 Å². The molecule has 1 aromatic rings. The molecule has 0 radical (unpaired) electrons. The number of hydrogen-bond donors (Lipinski definition) is 1. The van der Waals surface area contributed by atoms with Gasteiger partial charge in [-0.15, -0.1) is 0 Å². The molecule has 6 nitrogen and oxygen atoms in total. The van der Waals surface area contributed by atoms with Crippen molar-refractivity contribution >= 4 is 6.09 Å². The lowest BCUT2D eigenvalue weighted by Gasteiger charge is -2.21. The van der Waals surface area contributed by atoms with Crippen molar-refractivity contribution in [3.63, 3.8) is 0 Å². The Balaban J connectivity index is 1.88. The van der Waals surface area contributed by atoms with Gasteiger partial charge in [0.15, 0.2) is 0 Å². The van der Waals surface area contributed by atoms with E-state index in [1.165, 1.54) is 11.2 Å². The first kappa shape index (κ1) is 10.7. The summed E-state index contributed by atoms with van der Waals surface area (Å²) in [6, 6.07) is 1.59. The van der Waals surface area contributed by atoms with E-state index >= 15 is 0 Å². The number of amides is 1. The molecule has 16 heavy (non-hydrogen) atoms. The van der Waals surface area contributed by atoms with Crippen LogP contribution in [0.1, 0.15) is 12.8 Å². The van der Waals surface area contributed by atoms with Crippen molar-refractivity contribution in [1.82, 2.24) is 14.9 Å². The van der Waals surface area contributed by atoms with Gasteiger partial charge >= 0.3 is 6.09 Å². The van der Waals surface area contributed by atoms with E-state index in [1.807, 2.05) is 0 Å². The molecule has 1 fully saturated rings.